The van der Waals surface area contributed by atoms with Gasteiger partial charge in [-0.25, -0.2) is 0 Å². The standard InChI is InChI=1S/C22H24N2O2S/c1-15(2)22(19-11-6-12-27-19)24-21(26)14-23-20(25)13-17-9-5-8-16-7-3-4-10-18(16)17/h3-12,15,22H,13-14H2,1-2H3,(H,23,25)(H,24,26)/t22-/m0/s1. The topological polar surface area (TPSA) is 58.2 Å². The van der Waals surface area contributed by atoms with E-state index in [0.717, 1.165) is 21.2 Å². The van der Waals surface area contributed by atoms with E-state index >= 15 is 0 Å². The van der Waals surface area contributed by atoms with Gasteiger partial charge in [0.2, 0.25) is 11.8 Å². The van der Waals surface area contributed by atoms with Crippen LogP contribution in [-0.2, 0) is 16.0 Å². The minimum Gasteiger partial charge on any atom is -0.347 e. The number of carbonyl (C=O) groups excluding carboxylic acids is 2. The molecular formula is C22H24N2O2S. The number of benzene rings is 2. The van der Waals surface area contributed by atoms with E-state index in [1.165, 1.54) is 0 Å². The Morgan fingerprint density at radius 2 is 1.74 bits per heavy atom. The quantitative estimate of drug-likeness (QED) is 0.649. The Morgan fingerprint density at radius 3 is 2.48 bits per heavy atom. The van der Waals surface area contributed by atoms with Crippen molar-refractivity contribution >= 4 is 33.9 Å². The van der Waals surface area contributed by atoms with Crippen molar-refractivity contribution in [2.75, 3.05) is 6.54 Å². The van der Waals surface area contributed by atoms with Gasteiger partial charge in [0.15, 0.2) is 0 Å². The molecule has 0 saturated heterocycles. The van der Waals surface area contributed by atoms with Gasteiger partial charge >= 0.3 is 0 Å². The maximum Gasteiger partial charge on any atom is 0.239 e. The summed E-state index contributed by atoms with van der Waals surface area (Å²) in [5.41, 5.74) is 0.963. The molecule has 0 bridgehead atoms. The normalized spacial score (nSPS) is 12.1. The van der Waals surface area contributed by atoms with E-state index in [1.54, 1.807) is 11.3 Å². The average Bonchev–Trinajstić information content (AvgIpc) is 3.19. The van der Waals surface area contributed by atoms with Gasteiger partial charge < -0.3 is 10.6 Å². The summed E-state index contributed by atoms with van der Waals surface area (Å²) in [4.78, 5) is 25.7. The summed E-state index contributed by atoms with van der Waals surface area (Å²) in [6, 6.07) is 17.9. The SMILES string of the molecule is CC(C)[C@H](NC(=O)CNC(=O)Cc1cccc2ccccc12)c1cccs1. The molecule has 1 aromatic heterocycles. The maximum absolute atomic E-state index is 12.3. The Balaban J connectivity index is 1.56. The highest BCUT2D eigenvalue weighted by Crippen LogP contribution is 2.25. The molecule has 2 N–H and O–H groups in total. The minimum absolute atomic E-state index is 0.0157. The van der Waals surface area contributed by atoms with Gasteiger partial charge in [-0.1, -0.05) is 62.4 Å². The molecule has 140 valence electrons. The summed E-state index contributed by atoms with van der Waals surface area (Å²) in [5.74, 6) is -0.0499. The molecule has 0 saturated carbocycles. The molecular weight excluding hydrogens is 356 g/mol. The molecule has 4 nitrogen and oxygen atoms in total. The van der Waals surface area contributed by atoms with Crippen molar-refractivity contribution < 1.29 is 9.59 Å². The van der Waals surface area contributed by atoms with Crippen molar-refractivity contribution in [1.29, 1.82) is 0 Å². The summed E-state index contributed by atoms with van der Waals surface area (Å²) < 4.78 is 0. The van der Waals surface area contributed by atoms with Gasteiger partial charge in [0, 0.05) is 4.88 Å². The van der Waals surface area contributed by atoms with Crippen LogP contribution in [0.4, 0.5) is 0 Å². The highest BCUT2D eigenvalue weighted by Gasteiger charge is 2.19. The van der Waals surface area contributed by atoms with E-state index in [2.05, 4.69) is 24.5 Å². The Morgan fingerprint density at radius 1 is 0.963 bits per heavy atom. The van der Waals surface area contributed by atoms with Crippen LogP contribution in [0.5, 0.6) is 0 Å². The lowest BCUT2D eigenvalue weighted by Gasteiger charge is -2.21. The van der Waals surface area contributed by atoms with Gasteiger partial charge in [-0.3, -0.25) is 9.59 Å². The summed E-state index contributed by atoms with van der Waals surface area (Å²) >= 11 is 1.63. The molecule has 5 heteroatoms. The zero-order valence-corrected chi connectivity index (χ0v) is 16.4. The molecule has 1 heterocycles. The second-order valence-corrected chi connectivity index (χ2v) is 7.88. The van der Waals surface area contributed by atoms with Gasteiger partial charge in [-0.05, 0) is 33.7 Å². The molecule has 0 aliphatic rings. The monoisotopic (exact) mass is 380 g/mol. The zero-order valence-electron chi connectivity index (χ0n) is 15.6. The molecule has 2 aromatic carbocycles. The highest BCUT2D eigenvalue weighted by molar-refractivity contribution is 7.10. The average molecular weight is 381 g/mol. The van der Waals surface area contributed by atoms with Crippen molar-refractivity contribution in [3.05, 3.63) is 70.4 Å². The van der Waals surface area contributed by atoms with Gasteiger partial charge in [-0.15, -0.1) is 11.3 Å². The van der Waals surface area contributed by atoms with Crippen LogP contribution in [0.25, 0.3) is 10.8 Å². The van der Waals surface area contributed by atoms with Crippen LogP contribution < -0.4 is 10.6 Å². The van der Waals surface area contributed by atoms with E-state index in [-0.39, 0.29) is 36.7 Å². The number of hydrogen-bond acceptors (Lipinski definition) is 3. The molecule has 0 aliphatic heterocycles. The summed E-state index contributed by atoms with van der Waals surface area (Å²) in [6.07, 6.45) is 0.257. The number of hydrogen-bond donors (Lipinski definition) is 2. The highest BCUT2D eigenvalue weighted by atomic mass is 32.1. The third-order valence-electron chi connectivity index (χ3n) is 4.51. The lowest BCUT2D eigenvalue weighted by Crippen LogP contribution is -2.40. The van der Waals surface area contributed by atoms with E-state index < -0.39 is 0 Å². The Bertz CT molecular complexity index is 914. The summed E-state index contributed by atoms with van der Waals surface area (Å²) in [5, 5.41) is 9.94. The maximum atomic E-state index is 12.3. The van der Waals surface area contributed by atoms with E-state index in [9.17, 15) is 9.59 Å². The van der Waals surface area contributed by atoms with Gasteiger partial charge in [0.25, 0.3) is 0 Å². The molecule has 0 spiro atoms. The van der Waals surface area contributed by atoms with E-state index in [1.807, 2.05) is 60.0 Å². The summed E-state index contributed by atoms with van der Waals surface area (Å²) in [6.45, 7) is 4.13. The van der Waals surface area contributed by atoms with Crippen LogP contribution in [-0.4, -0.2) is 18.4 Å². The van der Waals surface area contributed by atoms with Crippen molar-refractivity contribution in [2.45, 2.75) is 26.3 Å². The van der Waals surface area contributed by atoms with Gasteiger partial charge in [0.05, 0.1) is 19.0 Å². The Labute approximate surface area is 163 Å². The third kappa shape index (κ3) is 4.95. The van der Waals surface area contributed by atoms with Crippen molar-refractivity contribution in [3.63, 3.8) is 0 Å². The molecule has 0 unspecified atom stereocenters. The van der Waals surface area contributed by atoms with Crippen molar-refractivity contribution in [3.8, 4) is 0 Å². The van der Waals surface area contributed by atoms with Gasteiger partial charge in [-0.2, -0.15) is 0 Å². The Kier molecular flexibility index (Phi) is 6.24. The largest absolute Gasteiger partial charge is 0.347 e. The lowest BCUT2D eigenvalue weighted by atomic mass is 10.0. The van der Waals surface area contributed by atoms with Crippen LogP contribution >= 0.6 is 11.3 Å². The van der Waals surface area contributed by atoms with E-state index in [4.69, 9.17) is 0 Å². The molecule has 27 heavy (non-hydrogen) atoms. The number of amides is 2. The molecule has 2 amide bonds. The first kappa shape index (κ1) is 19.1. The van der Waals surface area contributed by atoms with Crippen LogP contribution in [0.1, 0.15) is 30.3 Å². The number of thiophene rings is 1. The minimum atomic E-state index is -0.173. The number of nitrogens with one attached hydrogen (secondary N) is 2. The van der Waals surface area contributed by atoms with Crippen LogP contribution in [0.3, 0.4) is 0 Å². The molecule has 3 rings (SSSR count). The first-order valence-electron chi connectivity index (χ1n) is 9.10. The number of fused-ring (bicyclic) bond motifs is 1. The molecule has 3 aromatic rings. The number of rotatable bonds is 7. The Hall–Kier alpha value is -2.66. The fraction of sp³-hybridized carbons (Fsp3) is 0.273. The lowest BCUT2D eigenvalue weighted by molar-refractivity contribution is -0.126. The van der Waals surface area contributed by atoms with Crippen molar-refractivity contribution in [2.24, 2.45) is 5.92 Å². The predicted molar refractivity (Wildman–Crippen MR) is 111 cm³/mol. The zero-order chi connectivity index (χ0) is 19.2. The summed E-state index contributed by atoms with van der Waals surface area (Å²) in [7, 11) is 0. The predicted octanol–water partition coefficient (Wildman–Crippen LogP) is 4.07. The van der Waals surface area contributed by atoms with Crippen LogP contribution in [0, 0.1) is 5.92 Å². The van der Waals surface area contributed by atoms with Crippen molar-refractivity contribution in [1.82, 2.24) is 10.6 Å². The molecule has 0 radical (unpaired) electrons. The number of carbonyl (C=O) groups is 2. The third-order valence-corrected chi connectivity index (χ3v) is 5.47. The fourth-order valence-corrected chi connectivity index (χ4v) is 4.07. The van der Waals surface area contributed by atoms with Crippen LogP contribution in [0.15, 0.2) is 60.0 Å². The molecule has 1 atom stereocenters. The molecule has 0 aliphatic carbocycles. The second kappa shape index (κ2) is 8.82. The first-order chi connectivity index (χ1) is 13.0. The van der Waals surface area contributed by atoms with E-state index in [0.29, 0.717) is 0 Å². The van der Waals surface area contributed by atoms with Gasteiger partial charge in [0.1, 0.15) is 0 Å². The first-order valence-corrected chi connectivity index (χ1v) is 9.98. The van der Waals surface area contributed by atoms with Crippen LogP contribution in [0.2, 0.25) is 0 Å². The smallest absolute Gasteiger partial charge is 0.239 e. The molecule has 0 fully saturated rings. The fourth-order valence-electron chi connectivity index (χ4n) is 3.12. The second-order valence-electron chi connectivity index (χ2n) is 6.90.